The number of aryl methyl sites for hydroxylation is 1. The molecule has 0 aliphatic carbocycles. The molecule has 3 rings (SSSR count). The zero-order chi connectivity index (χ0) is 19.6. The molecule has 0 unspecified atom stereocenters. The summed E-state index contributed by atoms with van der Waals surface area (Å²) in [5.74, 6) is 0.925. The smallest absolute Gasteiger partial charge is 0.257 e. The molecule has 0 spiro atoms. The fourth-order valence-electron chi connectivity index (χ4n) is 2.81. The number of halogens is 2. The molecule has 0 bridgehead atoms. The number of nitrogens with one attached hydrogen (secondary N) is 1. The lowest BCUT2D eigenvalue weighted by Gasteiger charge is -2.09. The highest BCUT2D eigenvalue weighted by molar-refractivity contribution is 6.42. The third-order valence-electron chi connectivity index (χ3n) is 4.29. The number of hydrogen-bond acceptors (Lipinski definition) is 3. The van der Waals surface area contributed by atoms with Gasteiger partial charge in [-0.1, -0.05) is 35.3 Å². The molecule has 1 N–H and O–H groups in total. The molecule has 0 fully saturated rings. The number of hydrogen-bond donors (Lipinski definition) is 1. The van der Waals surface area contributed by atoms with E-state index in [1.54, 1.807) is 30.0 Å². The second kappa shape index (κ2) is 8.03. The molecule has 0 atom stereocenters. The van der Waals surface area contributed by atoms with Crippen LogP contribution in [0.15, 0.2) is 42.5 Å². The van der Waals surface area contributed by atoms with Gasteiger partial charge in [0, 0.05) is 22.9 Å². The molecule has 27 heavy (non-hydrogen) atoms. The topological polar surface area (TPSA) is 56.1 Å². The van der Waals surface area contributed by atoms with E-state index in [2.05, 4.69) is 10.4 Å². The van der Waals surface area contributed by atoms with Gasteiger partial charge in [-0.25, -0.2) is 0 Å². The number of benzene rings is 2. The van der Waals surface area contributed by atoms with Crippen LogP contribution in [0.25, 0.3) is 0 Å². The molecule has 2 aromatic carbocycles. The molecule has 0 aliphatic heterocycles. The van der Waals surface area contributed by atoms with E-state index < -0.39 is 0 Å². The predicted octanol–water partition coefficient (Wildman–Crippen LogP) is 5.12. The highest BCUT2D eigenvalue weighted by Gasteiger charge is 2.14. The van der Waals surface area contributed by atoms with E-state index in [-0.39, 0.29) is 5.91 Å². The van der Waals surface area contributed by atoms with Gasteiger partial charge in [0.1, 0.15) is 5.75 Å². The lowest BCUT2D eigenvalue weighted by molar-refractivity contribution is 0.102. The van der Waals surface area contributed by atoms with Crippen molar-refractivity contribution in [1.82, 2.24) is 9.78 Å². The normalized spacial score (nSPS) is 10.7. The Bertz CT molecular complexity index is 999. The average molecular weight is 404 g/mol. The van der Waals surface area contributed by atoms with Crippen molar-refractivity contribution < 1.29 is 9.53 Å². The second-order valence-electron chi connectivity index (χ2n) is 6.16. The maximum absolute atomic E-state index is 12.6. The van der Waals surface area contributed by atoms with Crippen LogP contribution in [-0.2, 0) is 6.54 Å². The largest absolute Gasteiger partial charge is 0.496 e. The standard InChI is InChI=1S/C20H19Cl2N3O2/c1-12-9-19(23-20(26)15-5-4-6-18(27-3)13(15)2)24-25(12)11-14-7-8-16(21)17(22)10-14/h4-10H,11H2,1-3H3,(H,23,24,26). The average Bonchev–Trinajstić information content (AvgIpc) is 2.97. The van der Waals surface area contributed by atoms with Crippen molar-refractivity contribution in [3.63, 3.8) is 0 Å². The first kappa shape index (κ1) is 19.3. The second-order valence-corrected chi connectivity index (χ2v) is 6.98. The fourth-order valence-corrected chi connectivity index (χ4v) is 3.13. The molecule has 0 saturated carbocycles. The number of anilines is 1. The first-order valence-electron chi connectivity index (χ1n) is 8.32. The van der Waals surface area contributed by atoms with Crippen molar-refractivity contribution in [2.75, 3.05) is 12.4 Å². The van der Waals surface area contributed by atoms with Crippen molar-refractivity contribution in [2.24, 2.45) is 0 Å². The monoisotopic (exact) mass is 403 g/mol. The lowest BCUT2D eigenvalue weighted by Crippen LogP contribution is -2.14. The van der Waals surface area contributed by atoms with E-state index in [9.17, 15) is 4.79 Å². The number of aromatic nitrogens is 2. The maximum Gasteiger partial charge on any atom is 0.257 e. The summed E-state index contributed by atoms with van der Waals surface area (Å²) in [6.07, 6.45) is 0. The Balaban J connectivity index is 1.78. The summed E-state index contributed by atoms with van der Waals surface area (Å²) in [5.41, 5.74) is 3.21. The minimum atomic E-state index is -0.231. The van der Waals surface area contributed by atoms with Crippen LogP contribution in [0.3, 0.4) is 0 Å². The van der Waals surface area contributed by atoms with Gasteiger partial charge in [0.15, 0.2) is 5.82 Å². The van der Waals surface area contributed by atoms with Crippen LogP contribution in [0.4, 0.5) is 5.82 Å². The summed E-state index contributed by atoms with van der Waals surface area (Å²) in [5, 5.41) is 8.33. The van der Waals surface area contributed by atoms with Gasteiger partial charge in [-0.3, -0.25) is 9.48 Å². The minimum Gasteiger partial charge on any atom is -0.496 e. The van der Waals surface area contributed by atoms with Crippen LogP contribution in [0.5, 0.6) is 5.75 Å². The van der Waals surface area contributed by atoms with Gasteiger partial charge in [-0.15, -0.1) is 0 Å². The van der Waals surface area contributed by atoms with Crippen molar-refractivity contribution in [3.8, 4) is 5.75 Å². The summed E-state index contributed by atoms with van der Waals surface area (Å²) in [7, 11) is 1.58. The fraction of sp³-hybridized carbons (Fsp3) is 0.200. The van der Waals surface area contributed by atoms with Crippen LogP contribution >= 0.6 is 23.2 Å². The Morgan fingerprint density at radius 2 is 1.93 bits per heavy atom. The number of ether oxygens (including phenoxy) is 1. The molecule has 140 valence electrons. The predicted molar refractivity (Wildman–Crippen MR) is 108 cm³/mol. The molecule has 1 amide bonds. The SMILES string of the molecule is COc1cccc(C(=O)Nc2cc(C)n(Cc3ccc(Cl)c(Cl)c3)n2)c1C. The van der Waals surface area contributed by atoms with Gasteiger partial charge >= 0.3 is 0 Å². The van der Waals surface area contributed by atoms with Crippen molar-refractivity contribution in [3.05, 3.63) is 74.9 Å². The van der Waals surface area contributed by atoms with Crippen molar-refractivity contribution >= 4 is 34.9 Å². The van der Waals surface area contributed by atoms with Crippen LogP contribution < -0.4 is 10.1 Å². The summed E-state index contributed by atoms with van der Waals surface area (Å²) < 4.78 is 7.07. The van der Waals surface area contributed by atoms with Crippen LogP contribution in [0.1, 0.15) is 27.2 Å². The first-order chi connectivity index (χ1) is 12.9. The van der Waals surface area contributed by atoms with Crippen LogP contribution in [-0.4, -0.2) is 22.8 Å². The quantitative estimate of drug-likeness (QED) is 0.643. The van der Waals surface area contributed by atoms with Crippen molar-refractivity contribution in [2.45, 2.75) is 20.4 Å². The minimum absolute atomic E-state index is 0.231. The summed E-state index contributed by atoms with van der Waals surface area (Å²) in [6.45, 7) is 4.30. The molecular weight excluding hydrogens is 385 g/mol. The van der Waals surface area contributed by atoms with Crippen LogP contribution in [0.2, 0.25) is 10.0 Å². The van der Waals surface area contributed by atoms with E-state index in [4.69, 9.17) is 27.9 Å². The molecule has 0 radical (unpaired) electrons. The molecule has 3 aromatic rings. The van der Waals surface area contributed by atoms with Gasteiger partial charge in [-0.05, 0) is 43.7 Å². The van der Waals surface area contributed by atoms with E-state index in [0.29, 0.717) is 33.7 Å². The zero-order valence-corrected chi connectivity index (χ0v) is 16.7. The molecule has 1 heterocycles. The zero-order valence-electron chi connectivity index (χ0n) is 15.2. The van der Waals surface area contributed by atoms with Gasteiger partial charge in [0.25, 0.3) is 5.91 Å². The Labute approximate surface area is 167 Å². The van der Waals surface area contributed by atoms with Gasteiger partial charge in [0.05, 0.1) is 23.7 Å². The summed E-state index contributed by atoms with van der Waals surface area (Å²) >= 11 is 12.0. The molecule has 0 aliphatic rings. The summed E-state index contributed by atoms with van der Waals surface area (Å²) in [6, 6.07) is 12.6. The Morgan fingerprint density at radius 3 is 2.63 bits per heavy atom. The van der Waals surface area contributed by atoms with E-state index in [1.165, 1.54) is 0 Å². The number of carbonyl (C=O) groups excluding carboxylic acids is 1. The third kappa shape index (κ3) is 4.26. The number of methoxy groups -OCH3 is 1. The molecular formula is C20H19Cl2N3O2. The van der Waals surface area contributed by atoms with Crippen molar-refractivity contribution in [1.29, 1.82) is 0 Å². The Hall–Kier alpha value is -2.50. The molecule has 1 aromatic heterocycles. The highest BCUT2D eigenvalue weighted by Crippen LogP contribution is 2.24. The van der Waals surface area contributed by atoms with E-state index in [0.717, 1.165) is 16.8 Å². The third-order valence-corrected chi connectivity index (χ3v) is 5.03. The molecule has 7 heteroatoms. The number of rotatable bonds is 5. The Morgan fingerprint density at radius 1 is 1.15 bits per heavy atom. The maximum atomic E-state index is 12.6. The molecule has 5 nitrogen and oxygen atoms in total. The van der Waals surface area contributed by atoms with Gasteiger partial charge in [-0.2, -0.15) is 5.10 Å². The summed E-state index contributed by atoms with van der Waals surface area (Å²) in [4.78, 5) is 12.6. The number of nitrogens with zero attached hydrogens (tertiary/aromatic N) is 2. The van der Waals surface area contributed by atoms with E-state index in [1.807, 2.05) is 38.1 Å². The van der Waals surface area contributed by atoms with Gasteiger partial charge in [0.2, 0.25) is 0 Å². The number of carbonyl (C=O) groups is 1. The van der Waals surface area contributed by atoms with Gasteiger partial charge < -0.3 is 10.1 Å². The molecule has 0 saturated heterocycles. The number of amides is 1. The van der Waals surface area contributed by atoms with E-state index >= 15 is 0 Å². The van der Waals surface area contributed by atoms with Crippen LogP contribution in [0, 0.1) is 13.8 Å². The Kier molecular flexibility index (Phi) is 5.73. The highest BCUT2D eigenvalue weighted by atomic mass is 35.5. The lowest BCUT2D eigenvalue weighted by atomic mass is 10.1. The first-order valence-corrected chi connectivity index (χ1v) is 9.08.